The number of nitrogens with one attached hydrogen (secondary N) is 3. The Kier molecular flexibility index (Phi) is 5.60. The first-order chi connectivity index (χ1) is 13.0. The molecule has 1 aromatic carbocycles. The molecule has 0 radical (unpaired) electrons. The Hall–Kier alpha value is -3.07. The molecule has 0 bridgehead atoms. The first-order valence-electron chi connectivity index (χ1n) is 8.26. The smallest absolute Gasteiger partial charge is 0.340 e. The van der Waals surface area contributed by atoms with Gasteiger partial charge in [0.25, 0.3) is 5.56 Å². The van der Waals surface area contributed by atoms with E-state index in [1.54, 1.807) is 37.3 Å². The van der Waals surface area contributed by atoms with Crippen LogP contribution in [0.5, 0.6) is 0 Å². The van der Waals surface area contributed by atoms with Gasteiger partial charge < -0.3 is 15.0 Å². The molecule has 140 valence electrons. The van der Waals surface area contributed by atoms with Crippen LogP contribution in [0.1, 0.15) is 23.0 Å². The Morgan fingerprint density at radius 2 is 2.04 bits per heavy atom. The van der Waals surface area contributed by atoms with Crippen LogP contribution in [0.3, 0.4) is 0 Å². The van der Waals surface area contributed by atoms with Gasteiger partial charge in [-0.1, -0.05) is 23.9 Å². The van der Waals surface area contributed by atoms with E-state index in [-0.39, 0.29) is 29.4 Å². The lowest BCUT2D eigenvalue weighted by atomic mass is 10.2. The highest BCUT2D eigenvalue weighted by atomic mass is 32.2. The normalized spacial score (nSPS) is 10.7. The standard InChI is InChI=1S/C18H18N4O4S/c1-3-26-17(25)11-6-4-5-7-12(11)20-14(23)9-27-18-21-13-8-10(2)19-15(13)16(24)22-18/h4-8,19H,3,9H2,1-2H3,(H,20,23)(H,21,22,24). The summed E-state index contributed by atoms with van der Waals surface area (Å²) in [5, 5.41) is 3.04. The number of benzene rings is 1. The molecule has 0 spiro atoms. The summed E-state index contributed by atoms with van der Waals surface area (Å²) in [6, 6.07) is 8.39. The molecular weight excluding hydrogens is 368 g/mol. The monoisotopic (exact) mass is 386 g/mol. The van der Waals surface area contributed by atoms with E-state index in [1.807, 2.05) is 6.92 Å². The molecule has 27 heavy (non-hydrogen) atoms. The summed E-state index contributed by atoms with van der Waals surface area (Å²) in [5.74, 6) is -0.806. The van der Waals surface area contributed by atoms with Crippen molar-refractivity contribution in [3.63, 3.8) is 0 Å². The van der Waals surface area contributed by atoms with E-state index in [1.165, 1.54) is 0 Å². The minimum Gasteiger partial charge on any atom is -0.462 e. The second-order valence-electron chi connectivity index (χ2n) is 5.69. The molecule has 0 aliphatic rings. The third-order valence-electron chi connectivity index (χ3n) is 3.64. The number of hydrogen-bond donors (Lipinski definition) is 3. The van der Waals surface area contributed by atoms with Crippen LogP contribution in [0, 0.1) is 6.92 Å². The molecule has 1 amide bonds. The van der Waals surface area contributed by atoms with Gasteiger partial charge in [0, 0.05) is 5.69 Å². The van der Waals surface area contributed by atoms with Gasteiger partial charge in [0.2, 0.25) is 5.91 Å². The molecule has 8 nitrogen and oxygen atoms in total. The van der Waals surface area contributed by atoms with Crippen molar-refractivity contribution in [3.8, 4) is 0 Å². The number of rotatable bonds is 6. The molecule has 0 unspecified atom stereocenters. The number of aromatic nitrogens is 3. The number of thioether (sulfide) groups is 1. The molecule has 0 atom stereocenters. The van der Waals surface area contributed by atoms with Gasteiger partial charge in [-0.2, -0.15) is 0 Å². The highest BCUT2D eigenvalue weighted by molar-refractivity contribution is 7.99. The lowest BCUT2D eigenvalue weighted by Gasteiger charge is -2.10. The molecule has 2 aromatic heterocycles. The van der Waals surface area contributed by atoms with E-state index in [0.717, 1.165) is 17.5 Å². The van der Waals surface area contributed by atoms with Crippen molar-refractivity contribution in [1.82, 2.24) is 15.0 Å². The summed E-state index contributed by atoms with van der Waals surface area (Å²) >= 11 is 1.10. The summed E-state index contributed by atoms with van der Waals surface area (Å²) in [4.78, 5) is 46.2. The number of H-pyrrole nitrogens is 2. The maximum absolute atomic E-state index is 12.3. The Labute approximate surface area is 158 Å². The maximum Gasteiger partial charge on any atom is 0.340 e. The summed E-state index contributed by atoms with van der Waals surface area (Å²) in [6.45, 7) is 3.80. The van der Waals surface area contributed by atoms with Crippen LogP contribution >= 0.6 is 11.8 Å². The number of hydrogen-bond acceptors (Lipinski definition) is 6. The molecule has 3 N–H and O–H groups in total. The number of carbonyl (C=O) groups excluding carboxylic acids is 2. The van der Waals surface area contributed by atoms with Crippen LogP contribution in [0.25, 0.3) is 11.0 Å². The van der Waals surface area contributed by atoms with Gasteiger partial charge in [-0.15, -0.1) is 0 Å². The molecule has 0 aliphatic carbocycles. The van der Waals surface area contributed by atoms with E-state index in [2.05, 4.69) is 20.3 Å². The Morgan fingerprint density at radius 1 is 1.26 bits per heavy atom. The third kappa shape index (κ3) is 4.37. The molecular formula is C18H18N4O4S. The Balaban J connectivity index is 1.69. The number of aryl methyl sites for hydroxylation is 1. The van der Waals surface area contributed by atoms with Crippen molar-refractivity contribution in [2.45, 2.75) is 19.0 Å². The number of nitrogens with zero attached hydrogens (tertiary/aromatic N) is 1. The van der Waals surface area contributed by atoms with Gasteiger partial charge in [0.15, 0.2) is 5.16 Å². The van der Waals surface area contributed by atoms with Crippen molar-refractivity contribution in [2.75, 3.05) is 17.7 Å². The molecule has 2 heterocycles. The van der Waals surface area contributed by atoms with Gasteiger partial charge in [-0.25, -0.2) is 9.78 Å². The lowest BCUT2D eigenvalue weighted by molar-refractivity contribution is -0.113. The average molecular weight is 386 g/mol. The summed E-state index contributed by atoms with van der Waals surface area (Å²) in [7, 11) is 0. The third-order valence-corrected chi connectivity index (χ3v) is 4.51. The number of ether oxygens (including phenoxy) is 1. The molecule has 0 saturated carbocycles. The number of aromatic amines is 2. The molecule has 0 saturated heterocycles. The summed E-state index contributed by atoms with van der Waals surface area (Å²) in [6.07, 6.45) is 0. The van der Waals surface area contributed by atoms with E-state index in [9.17, 15) is 14.4 Å². The fourth-order valence-corrected chi connectivity index (χ4v) is 3.17. The zero-order chi connectivity index (χ0) is 19.4. The molecule has 3 aromatic rings. The van der Waals surface area contributed by atoms with Crippen LogP contribution < -0.4 is 10.9 Å². The van der Waals surface area contributed by atoms with Gasteiger partial charge in [-0.3, -0.25) is 14.6 Å². The summed E-state index contributed by atoms with van der Waals surface area (Å²) < 4.78 is 4.99. The van der Waals surface area contributed by atoms with Gasteiger partial charge in [0.1, 0.15) is 5.52 Å². The second kappa shape index (κ2) is 8.09. The Morgan fingerprint density at radius 3 is 2.81 bits per heavy atom. The first-order valence-corrected chi connectivity index (χ1v) is 9.25. The predicted octanol–water partition coefficient (Wildman–Crippen LogP) is 2.47. The highest BCUT2D eigenvalue weighted by Gasteiger charge is 2.15. The minimum absolute atomic E-state index is 0.0228. The Bertz CT molecular complexity index is 1060. The molecule has 3 rings (SSSR count). The number of carbonyl (C=O) groups is 2. The fraction of sp³-hybridized carbons (Fsp3) is 0.222. The zero-order valence-electron chi connectivity index (χ0n) is 14.8. The van der Waals surface area contributed by atoms with E-state index in [4.69, 9.17) is 4.74 Å². The zero-order valence-corrected chi connectivity index (χ0v) is 15.6. The van der Waals surface area contributed by atoms with Gasteiger partial charge in [-0.05, 0) is 32.0 Å². The summed E-state index contributed by atoms with van der Waals surface area (Å²) in [5.41, 5.74) is 2.16. The fourth-order valence-electron chi connectivity index (χ4n) is 2.50. The minimum atomic E-state index is -0.500. The molecule has 0 aliphatic heterocycles. The van der Waals surface area contributed by atoms with Crippen molar-refractivity contribution >= 4 is 40.4 Å². The van der Waals surface area contributed by atoms with Gasteiger partial charge >= 0.3 is 5.97 Å². The molecule has 0 fully saturated rings. The number of fused-ring (bicyclic) bond motifs is 1. The van der Waals surface area contributed by atoms with Crippen LogP contribution in [0.4, 0.5) is 5.69 Å². The van der Waals surface area contributed by atoms with Crippen LogP contribution in [0.2, 0.25) is 0 Å². The quantitative estimate of drug-likeness (QED) is 0.340. The van der Waals surface area contributed by atoms with E-state index < -0.39 is 5.97 Å². The topological polar surface area (TPSA) is 117 Å². The number of esters is 1. The van der Waals surface area contributed by atoms with Crippen LogP contribution in [-0.4, -0.2) is 39.2 Å². The maximum atomic E-state index is 12.3. The van der Waals surface area contributed by atoms with E-state index >= 15 is 0 Å². The van der Waals surface area contributed by atoms with Gasteiger partial charge in [0.05, 0.1) is 29.1 Å². The SMILES string of the molecule is CCOC(=O)c1ccccc1NC(=O)CSc1nc2cc(C)[nH]c2c(=O)[nH]1. The predicted molar refractivity (Wildman–Crippen MR) is 103 cm³/mol. The lowest BCUT2D eigenvalue weighted by Crippen LogP contribution is -2.18. The highest BCUT2D eigenvalue weighted by Crippen LogP contribution is 2.19. The second-order valence-corrected chi connectivity index (χ2v) is 6.65. The van der Waals surface area contributed by atoms with Crippen LogP contribution in [-0.2, 0) is 9.53 Å². The number of amides is 1. The van der Waals surface area contributed by atoms with E-state index in [0.29, 0.717) is 21.9 Å². The number of anilines is 1. The largest absolute Gasteiger partial charge is 0.462 e. The van der Waals surface area contributed by atoms with Crippen LogP contribution in [0.15, 0.2) is 40.3 Å². The average Bonchev–Trinajstić information content (AvgIpc) is 3.01. The van der Waals surface area contributed by atoms with Crippen molar-refractivity contribution in [2.24, 2.45) is 0 Å². The molecule has 9 heteroatoms. The van der Waals surface area contributed by atoms with Crippen molar-refractivity contribution in [1.29, 1.82) is 0 Å². The van der Waals surface area contributed by atoms with Crippen molar-refractivity contribution in [3.05, 3.63) is 51.9 Å². The first kappa shape index (κ1) is 18.7. The number of para-hydroxylation sites is 1. The van der Waals surface area contributed by atoms with Crippen molar-refractivity contribution < 1.29 is 14.3 Å².